The number of ether oxygens (including phenoxy) is 4. The molecule has 11 heteroatoms. The molecule has 33 heavy (non-hydrogen) atoms. The first kappa shape index (κ1) is 26.2. The molecular formula is C22H25Cl2N3O6. The number of carbonyl (C=O) groups excluding carboxylic acids is 2. The Bertz CT molecular complexity index is 1020. The molecule has 0 heterocycles. The summed E-state index contributed by atoms with van der Waals surface area (Å²) in [5.74, 6) is -0.0885. The predicted molar refractivity (Wildman–Crippen MR) is 126 cm³/mol. The van der Waals surface area contributed by atoms with Gasteiger partial charge in [0.1, 0.15) is 0 Å². The third-order valence-corrected chi connectivity index (χ3v) is 4.65. The van der Waals surface area contributed by atoms with Crippen LogP contribution in [0.3, 0.4) is 0 Å². The summed E-state index contributed by atoms with van der Waals surface area (Å²) in [6, 6.07) is 4.63. The first-order valence-corrected chi connectivity index (χ1v) is 10.7. The van der Waals surface area contributed by atoms with Gasteiger partial charge in [0.25, 0.3) is 5.91 Å². The number of amides is 1. The number of halogens is 2. The summed E-state index contributed by atoms with van der Waals surface area (Å²) < 4.78 is 21.7. The largest absolute Gasteiger partial charge is 0.494 e. The Hall–Kier alpha value is -3.04. The van der Waals surface area contributed by atoms with Gasteiger partial charge in [-0.1, -0.05) is 23.2 Å². The molecule has 2 aromatic carbocycles. The highest BCUT2D eigenvalue weighted by molar-refractivity contribution is 6.31. The molecule has 0 saturated heterocycles. The number of azo groups is 1. The number of ketones is 1. The molecule has 1 atom stereocenters. The smallest absolute Gasteiger partial charge is 0.258 e. The molecule has 0 aliphatic heterocycles. The van der Waals surface area contributed by atoms with E-state index in [-0.39, 0.29) is 28.6 Å². The van der Waals surface area contributed by atoms with E-state index in [9.17, 15) is 9.59 Å². The number of rotatable bonds is 11. The van der Waals surface area contributed by atoms with Crippen LogP contribution in [0.15, 0.2) is 34.5 Å². The highest BCUT2D eigenvalue weighted by atomic mass is 35.5. The van der Waals surface area contributed by atoms with E-state index in [0.717, 1.165) is 0 Å². The maximum Gasteiger partial charge on any atom is 0.258 e. The molecule has 9 nitrogen and oxygen atoms in total. The van der Waals surface area contributed by atoms with E-state index < -0.39 is 17.7 Å². The lowest BCUT2D eigenvalue weighted by atomic mass is 10.2. The van der Waals surface area contributed by atoms with E-state index in [2.05, 4.69) is 15.5 Å². The van der Waals surface area contributed by atoms with Gasteiger partial charge in [0, 0.05) is 28.2 Å². The quantitative estimate of drug-likeness (QED) is 0.324. The third-order valence-electron chi connectivity index (χ3n) is 4.22. The van der Waals surface area contributed by atoms with E-state index in [1.54, 1.807) is 19.9 Å². The zero-order valence-electron chi connectivity index (χ0n) is 18.9. The van der Waals surface area contributed by atoms with E-state index in [0.29, 0.717) is 29.0 Å². The van der Waals surface area contributed by atoms with Crippen molar-refractivity contribution in [3.05, 3.63) is 34.3 Å². The normalized spacial score (nSPS) is 11.7. The van der Waals surface area contributed by atoms with Crippen LogP contribution >= 0.6 is 23.2 Å². The van der Waals surface area contributed by atoms with Crippen molar-refractivity contribution in [2.45, 2.75) is 26.8 Å². The molecule has 0 bridgehead atoms. The first-order valence-electron chi connectivity index (χ1n) is 9.98. The Balaban J connectivity index is 2.41. The van der Waals surface area contributed by atoms with E-state index in [4.69, 9.17) is 42.1 Å². The topological polar surface area (TPSA) is 108 Å². The molecule has 0 aliphatic rings. The summed E-state index contributed by atoms with van der Waals surface area (Å²) in [6.07, 6.45) is 0. The van der Waals surface area contributed by atoms with Gasteiger partial charge in [-0.05, 0) is 26.8 Å². The maximum atomic E-state index is 13.0. The Labute approximate surface area is 202 Å². The van der Waals surface area contributed by atoms with Crippen LogP contribution in [0, 0.1) is 0 Å². The van der Waals surface area contributed by atoms with E-state index in [1.165, 1.54) is 39.3 Å². The van der Waals surface area contributed by atoms with Gasteiger partial charge in [-0.3, -0.25) is 9.59 Å². The van der Waals surface area contributed by atoms with Gasteiger partial charge in [-0.15, -0.1) is 5.11 Å². The molecule has 2 aromatic rings. The molecule has 1 amide bonds. The van der Waals surface area contributed by atoms with Crippen LogP contribution in [0.1, 0.15) is 20.8 Å². The fourth-order valence-electron chi connectivity index (χ4n) is 2.81. The SMILES string of the molecule is CCOc1cc(Cl)cc(NC(=O)C(N=Nc2c(OC)cc(Cl)cc2OC)C(C)=O)c1OCC. The summed E-state index contributed by atoms with van der Waals surface area (Å²) in [5, 5.41) is 11.3. The molecule has 0 fully saturated rings. The minimum atomic E-state index is -1.46. The molecule has 0 saturated carbocycles. The summed E-state index contributed by atoms with van der Waals surface area (Å²) in [5.41, 5.74) is 0.417. The second-order valence-corrected chi connectivity index (χ2v) is 7.40. The van der Waals surface area contributed by atoms with Crippen molar-refractivity contribution in [1.29, 1.82) is 0 Å². The van der Waals surface area contributed by atoms with Gasteiger partial charge in [-0.25, -0.2) is 0 Å². The van der Waals surface area contributed by atoms with Gasteiger partial charge in [0.2, 0.25) is 6.04 Å². The Kier molecular flexibility index (Phi) is 9.74. The van der Waals surface area contributed by atoms with Crippen molar-refractivity contribution >= 4 is 46.3 Å². The number of nitrogens with one attached hydrogen (secondary N) is 1. The second-order valence-electron chi connectivity index (χ2n) is 6.52. The minimum absolute atomic E-state index is 0.180. The number of Topliss-reactive ketones (excluding diaryl/α,β-unsaturated/α-hetero) is 1. The molecule has 0 aliphatic carbocycles. The Morgan fingerprint density at radius 3 is 2.00 bits per heavy atom. The summed E-state index contributed by atoms with van der Waals surface area (Å²) >= 11 is 12.2. The number of carbonyl (C=O) groups is 2. The maximum absolute atomic E-state index is 13.0. The van der Waals surface area contributed by atoms with Crippen molar-refractivity contribution in [3.63, 3.8) is 0 Å². The van der Waals surface area contributed by atoms with Crippen molar-refractivity contribution in [1.82, 2.24) is 0 Å². The van der Waals surface area contributed by atoms with E-state index >= 15 is 0 Å². The van der Waals surface area contributed by atoms with Gasteiger partial charge in [-0.2, -0.15) is 5.11 Å². The molecule has 2 rings (SSSR count). The Morgan fingerprint density at radius 2 is 1.48 bits per heavy atom. The fraction of sp³-hybridized carbons (Fsp3) is 0.364. The van der Waals surface area contributed by atoms with Crippen LogP contribution in [0.2, 0.25) is 10.0 Å². The predicted octanol–water partition coefficient (Wildman–Crippen LogP) is 5.49. The summed E-state index contributed by atoms with van der Waals surface area (Å²) in [7, 11) is 2.84. The second kappa shape index (κ2) is 12.3. The van der Waals surface area contributed by atoms with Crippen molar-refractivity contribution in [2.75, 3.05) is 32.8 Å². The van der Waals surface area contributed by atoms with Crippen LogP contribution in [-0.2, 0) is 9.59 Å². The average Bonchev–Trinajstić information content (AvgIpc) is 2.76. The number of methoxy groups -OCH3 is 2. The average molecular weight is 498 g/mol. The number of hydrogen-bond donors (Lipinski definition) is 1. The van der Waals surface area contributed by atoms with Gasteiger partial charge in [0.15, 0.2) is 34.5 Å². The number of nitrogens with zero attached hydrogens (tertiary/aromatic N) is 2. The lowest BCUT2D eigenvalue weighted by Crippen LogP contribution is -2.32. The molecule has 178 valence electrons. The lowest BCUT2D eigenvalue weighted by molar-refractivity contribution is -0.126. The summed E-state index contributed by atoms with van der Waals surface area (Å²) in [6.45, 7) is 5.50. The highest BCUT2D eigenvalue weighted by Gasteiger charge is 2.26. The van der Waals surface area contributed by atoms with Crippen LogP contribution in [0.5, 0.6) is 23.0 Å². The van der Waals surface area contributed by atoms with Gasteiger partial charge in [0.05, 0.1) is 33.1 Å². The molecule has 1 unspecified atom stereocenters. The Morgan fingerprint density at radius 1 is 0.939 bits per heavy atom. The van der Waals surface area contributed by atoms with Crippen LogP contribution in [-0.4, -0.2) is 45.2 Å². The van der Waals surface area contributed by atoms with Crippen LogP contribution in [0.25, 0.3) is 0 Å². The monoisotopic (exact) mass is 497 g/mol. The molecule has 0 spiro atoms. The lowest BCUT2D eigenvalue weighted by Gasteiger charge is -2.17. The summed E-state index contributed by atoms with van der Waals surface area (Å²) in [4.78, 5) is 25.2. The third kappa shape index (κ3) is 6.72. The number of benzene rings is 2. The van der Waals surface area contributed by atoms with Gasteiger partial charge < -0.3 is 24.3 Å². The molecule has 1 N–H and O–H groups in total. The van der Waals surface area contributed by atoms with E-state index in [1.807, 2.05) is 0 Å². The van der Waals surface area contributed by atoms with Crippen molar-refractivity contribution < 1.29 is 28.5 Å². The zero-order chi connectivity index (χ0) is 24.5. The fourth-order valence-corrected chi connectivity index (χ4v) is 3.22. The molecule has 0 radical (unpaired) electrons. The van der Waals surface area contributed by atoms with Crippen LogP contribution in [0.4, 0.5) is 11.4 Å². The van der Waals surface area contributed by atoms with Crippen molar-refractivity contribution in [3.8, 4) is 23.0 Å². The highest BCUT2D eigenvalue weighted by Crippen LogP contribution is 2.41. The first-order chi connectivity index (χ1) is 15.7. The van der Waals surface area contributed by atoms with Gasteiger partial charge >= 0.3 is 0 Å². The number of hydrogen-bond acceptors (Lipinski definition) is 8. The van der Waals surface area contributed by atoms with Crippen LogP contribution < -0.4 is 24.3 Å². The number of anilines is 1. The zero-order valence-corrected chi connectivity index (χ0v) is 20.4. The molecular weight excluding hydrogens is 473 g/mol. The molecule has 0 aromatic heterocycles. The van der Waals surface area contributed by atoms with Crippen molar-refractivity contribution in [2.24, 2.45) is 10.2 Å². The minimum Gasteiger partial charge on any atom is -0.494 e. The standard InChI is InChI=1S/C22H25Cl2N3O6/c1-6-32-18-11-13(23)8-15(21(18)33-7-2)25-22(29)19(12(3)28)26-27-20-16(30-4)9-14(24)10-17(20)31-5/h8-11,19H,6-7H2,1-5H3,(H,25,29).